The van der Waals surface area contributed by atoms with Crippen molar-refractivity contribution in [3.05, 3.63) is 42.2 Å². The standard InChI is InChI=1S/C20H26FN3O2/c21-17-7-5-16(6-8-17)18-15-23-20(26-18)10-9-19(25)22-11-4-14-24-12-2-1-3-13-24/h5-8,15H,1-4,9-14H2,(H,22,25). The molecule has 6 heteroatoms. The van der Waals surface area contributed by atoms with Crippen LogP contribution in [0.25, 0.3) is 11.3 Å². The molecule has 0 atom stereocenters. The summed E-state index contributed by atoms with van der Waals surface area (Å²) in [6.07, 6.45) is 7.34. The number of nitrogens with zero attached hydrogens (tertiary/aromatic N) is 2. The third-order valence-corrected chi connectivity index (χ3v) is 4.67. The molecule has 1 fully saturated rings. The summed E-state index contributed by atoms with van der Waals surface area (Å²) in [5.74, 6) is 0.838. The van der Waals surface area contributed by atoms with E-state index in [1.54, 1.807) is 18.3 Å². The van der Waals surface area contributed by atoms with Crippen molar-refractivity contribution in [1.29, 1.82) is 0 Å². The molecule has 1 aliphatic rings. The monoisotopic (exact) mass is 359 g/mol. The van der Waals surface area contributed by atoms with Gasteiger partial charge in [-0.3, -0.25) is 4.79 Å². The molecule has 0 aliphatic carbocycles. The first-order chi connectivity index (χ1) is 12.7. The van der Waals surface area contributed by atoms with E-state index in [4.69, 9.17) is 4.42 Å². The lowest BCUT2D eigenvalue weighted by Gasteiger charge is -2.26. The minimum Gasteiger partial charge on any atom is -0.441 e. The van der Waals surface area contributed by atoms with Gasteiger partial charge >= 0.3 is 0 Å². The second-order valence-electron chi connectivity index (χ2n) is 6.73. The van der Waals surface area contributed by atoms with Crippen LogP contribution >= 0.6 is 0 Å². The van der Waals surface area contributed by atoms with E-state index in [9.17, 15) is 9.18 Å². The number of rotatable bonds is 8. The molecule has 0 unspecified atom stereocenters. The van der Waals surface area contributed by atoms with Crippen molar-refractivity contribution in [1.82, 2.24) is 15.2 Å². The van der Waals surface area contributed by atoms with Gasteiger partial charge in [-0.2, -0.15) is 0 Å². The fourth-order valence-electron chi connectivity index (χ4n) is 3.20. The van der Waals surface area contributed by atoms with E-state index in [1.807, 2.05) is 0 Å². The Morgan fingerprint density at radius 3 is 2.73 bits per heavy atom. The predicted molar refractivity (Wildman–Crippen MR) is 98.1 cm³/mol. The highest BCUT2D eigenvalue weighted by Crippen LogP contribution is 2.21. The first-order valence-electron chi connectivity index (χ1n) is 9.40. The zero-order valence-corrected chi connectivity index (χ0v) is 15.0. The van der Waals surface area contributed by atoms with Gasteiger partial charge in [0.25, 0.3) is 0 Å². The van der Waals surface area contributed by atoms with E-state index in [2.05, 4.69) is 15.2 Å². The number of carbonyl (C=O) groups is 1. The van der Waals surface area contributed by atoms with E-state index >= 15 is 0 Å². The van der Waals surface area contributed by atoms with Crippen molar-refractivity contribution in [3.63, 3.8) is 0 Å². The highest BCUT2D eigenvalue weighted by Gasteiger charge is 2.11. The van der Waals surface area contributed by atoms with Crippen molar-refractivity contribution in [2.45, 2.75) is 38.5 Å². The lowest BCUT2D eigenvalue weighted by Crippen LogP contribution is -2.33. The van der Waals surface area contributed by atoms with Gasteiger partial charge in [0.1, 0.15) is 5.82 Å². The average molecular weight is 359 g/mol. The number of aryl methyl sites for hydroxylation is 1. The van der Waals surface area contributed by atoms with Crippen LogP contribution in [0.2, 0.25) is 0 Å². The van der Waals surface area contributed by atoms with Crippen LogP contribution in [0.5, 0.6) is 0 Å². The van der Waals surface area contributed by atoms with Crippen molar-refractivity contribution in [3.8, 4) is 11.3 Å². The van der Waals surface area contributed by atoms with Crippen LogP contribution < -0.4 is 5.32 Å². The summed E-state index contributed by atoms with van der Waals surface area (Å²) in [6, 6.07) is 6.06. The van der Waals surface area contributed by atoms with Crippen LogP contribution in [0.3, 0.4) is 0 Å². The van der Waals surface area contributed by atoms with Crippen LogP contribution in [0.15, 0.2) is 34.9 Å². The molecule has 1 aromatic heterocycles. The molecule has 140 valence electrons. The van der Waals surface area contributed by atoms with E-state index < -0.39 is 0 Å². The van der Waals surface area contributed by atoms with Gasteiger partial charge in [-0.05, 0) is 63.2 Å². The van der Waals surface area contributed by atoms with Crippen LogP contribution in [-0.2, 0) is 11.2 Å². The molecule has 3 rings (SSSR count). The molecule has 2 heterocycles. The maximum atomic E-state index is 13.0. The van der Waals surface area contributed by atoms with Gasteiger partial charge < -0.3 is 14.6 Å². The van der Waals surface area contributed by atoms with Gasteiger partial charge in [0, 0.05) is 24.9 Å². The number of likely N-dealkylation sites (tertiary alicyclic amines) is 1. The summed E-state index contributed by atoms with van der Waals surface area (Å²) in [7, 11) is 0. The molecule has 0 saturated carbocycles. The number of amides is 1. The number of hydrogen-bond acceptors (Lipinski definition) is 4. The number of benzene rings is 1. The maximum Gasteiger partial charge on any atom is 0.220 e. The molecule has 0 bridgehead atoms. The Morgan fingerprint density at radius 2 is 1.96 bits per heavy atom. The largest absolute Gasteiger partial charge is 0.441 e. The zero-order chi connectivity index (χ0) is 18.2. The molecule has 0 radical (unpaired) electrons. The SMILES string of the molecule is O=C(CCc1ncc(-c2ccc(F)cc2)o1)NCCCN1CCCCC1. The molecule has 0 spiro atoms. The van der Waals surface area contributed by atoms with Crippen LogP contribution in [0.1, 0.15) is 38.0 Å². The summed E-state index contributed by atoms with van der Waals surface area (Å²) >= 11 is 0. The molecule has 1 aliphatic heterocycles. The molecular weight excluding hydrogens is 333 g/mol. The Morgan fingerprint density at radius 1 is 1.19 bits per heavy atom. The van der Waals surface area contributed by atoms with Crippen molar-refractivity contribution >= 4 is 5.91 Å². The summed E-state index contributed by atoms with van der Waals surface area (Å²) in [4.78, 5) is 18.6. The van der Waals surface area contributed by atoms with Gasteiger partial charge in [-0.15, -0.1) is 0 Å². The number of oxazole rings is 1. The highest BCUT2D eigenvalue weighted by atomic mass is 19.1. The fourth-order valence-corrected chi connectivity index (χ4v) is 3.20. The van der Waals surface area contributed by atoms with Crippen LogP contribution in [-0.4, -0.2) is 42.0 Å². The smallest absolute Gasteiger partial charge is 0.220 e. The normalized spacial score (nSPS) is 15.1. The van der Waals surface area contributed by atoms with Gasteiger partial charge in [0.2, 0.25) is 5.91 Å². The second-order valence-corrected chi connectivity index (χ2v) is 6.73. The van der Waals surface area contributed by atoms with Gasteiger partial charge in [0.05, 0.1) is 6.20 Å². The molecule has 2 aromatic rings. The Kier molecular flexibility index (Phi) is 6.77. The molecule has 1 N–H and O–H groups in total. The highest BCUT2D eigenvalue weighted by molar-refractivity contribution is 5.76. The maximum absolute atomic E-state index is 13.0. The minimum atomic E-state index is -0.287. The predicted octanol–water partition coefficient (Wildman–Crippen LogP) is 3.41. The van der Waals surface area contributed by atoms with Crippen molar-refractivity contribution < 1.29 is 13.6 Å². The molecule has 5 nitrogen and oxygen atoms in total. The minimum absolute atomic E-state index is 0.0187. The van der Waals surface area contributed by atoms with Crippen LogP contribution in [0, 0.1) is 5.82 Å². The number of hydrogen-bond donors (Lipinski definition) is 1. The molecule has 1 saturated heterocycles. The summed E-state index contributed by atoms with van der Waals surface area (Å²) in [5, 5.41) is 2.96. The molecular formula is C20H26FN3O2. The number of halogens is 1. The lowest BCUT2D eigenvalue weighted by atomic mass is 10.1. The lowest BCUT2D eigenvalue weighted by molar-refractivity contribution is -0.121. The molecule has 26 heavy (non-hydrogen) atoms. The fraction of sp³-hybridized carbons (Fsp3) is 0.500. The van der Waals surface area contributed by atoms with Crippen molar-refractivity contribution in [2.24, 2.45) is 0 Å². The summed E-state index contributed by atoms with van der Waals surface area (Å²) in [6.45, 7) is 4.14. The second kappa shape index (κ2) is 9.48. The topological polar surface area (TPSA) is 58.4 Å². The van der Waals surface area contributed by atoms with Crippen molar-refractivity contribution in [2.75, 3.05) is 26.2 Å². The quantitative estimate of drug-likeness (QED) is 0.734. The molecule has 1 aromatic carbocycles. The zero-order valence-electron chi connectivity index (χ0n) is 15.0. The summed E-state index contributed by atoms with van der Waals surface area (Å²) < 4.78 is 18.6. The Balaban J connectivity index is 1.34. The van der Waals surface area contributed by atoms with E-state index in [-0.39, 0.29) is 11.7 Å². The Bertz CT molecular complexity index is 693. The number of carbonyl (C=O) groups excluding carboxylic acids is 1. The Labute approximate surface area is 153 Å². The van der Waals surface area contributed by atoms with Gasteiger partial charge in [-0.1, -0.05) is 6.42 Å². The number of nitrogens with one attached hydrogen (secondary N) is 1. The van der Waals surface area contributed by atoms with Gasteiger partial charge in [0.15, 0.2) is 11.7 Å². The molecule has 1 amide bonds. The average Bonchev–Trinajstić information content (AvgIpc) is 3.14. The summed E-state index contributed by atoms with van der Waals surface area (Å²) in [5.41, 5.74) is 0.771. The van der Waals surface area contributed by atoms with E-state index in [1.165, 1.54) is 44.5 Å². The third kappa shape index (κ3) is 5.66. The number of piperidine rings is 1. The Hall–Kier alpha value is -2.21. The first-order valence-corrected chi connectivity index (χ1v) is 9.40. The van der Waals surface area contributed by atoms with E-state index in [0.717, 1.165) is 18.5 Å². The number of aromatic nitrogens is 1. The first kappa shape index (κ1) is 18.6. The van der Waals surface area contributed by atoms with E-state index in [0.29, 0.717) is 31.0 Å². The van der Waals surface area contributed by atoms with Crippen LogP contribution in [0.4, 0.5) is 4.39 Å². The van der Waals surface area contributed by atoms with Gasteiger partial charge in [-0.25, -0.2) is 9.37 Å². The third-order valence-electron chi connectivity index (χ3n) is 4.67.